The number of nitrogens with one attached hydrogen (secondary N) is 2. The van der Waals surface area contributed by atoms with E-state index in [-0.39, 0.29) is 18.3 Å². The van der Waals surface area contributed by atoms with Gasteiger partial charge in [0.2, 0.25) is 5.91 Å². The molecular formula is C18H25Cl3N2O. The molecule has 0 radical (unpaired) electrons. The molecule has 0 aromatic heterocycles. The van der Waals surface area contributed by atoms with Crippen LogP contribution in [0.15, 0.2) is 18.2 Å². The molecule has 3 nitrogen and oxygen atoms in total. The van der Waals surface area contributed by atoms with Gasteiger partial charge in [0.1, 0.15) is 0 Å². The maximum atomic E-state index is 12.8. The van der Waals surface area contributed by atoms with E-state index >= 15 is 0 Å². The number of amides is 1. The zero-order chi connectivity index (χ0) is 16.3. The lowest BCUT2D eigenvalue weighted by atomic mass is 9.64. The molecule has 1 aromatic carbocycles. The Labute approximate surface area is 160 Å². The number of carbonyl (C=O) groups is 1. The SMILES string of the molecule is Cl.O=C(NCCC1CCCNC1)C1(c2ccc(Cl)c(Cl)c2)CCC1. The summed E-state index contributed by atoms with van der Waals surface area (Å²) in [5, 5.41) is 7.65. The van der Waals surface area contributed by atoms with Crippen molar-refractivity contribution in [2.75, 3.05) is 19.6 Å². The number of halogens is 3. The van der Waals surface area contributed by atoms with Crippen LogP contribution in [0, 0.1) is 5.92 Å². The van der Waals surface area contributed by atoms with E-state index < -0.39 is 5.41 Å². The summed E-state index contributed by atoms with van der Waals surface area (Å²) in [5.74, 6) is 0.831. The minimum Gasteiger partial charge on any atom is -0.355 e. The van der Waals surface area contributed by atoms with Gasteiger partial charge in [-0.3, -0.25) is 4.79 Å². The summed E-state index contributed by atoms with van der Waals surface area (Å²) < 4.78 is 0. The zero-order valence-electron chi connectivity index (χ0n) is 13.7. The topological polar surface area (TPSA) is 41.1 Å². The van der Waals surface area contributed by atoms with E-state index in [1.165, 1.54) is 12.8 Å². The molecule has 134 valence electrons. The minimum atomic E-state index is -0.404. The van der Waals surface area contributed by atoms with Gasteiger partial charge in [0, 0.05) is 6.54 Å². The van der Waals surface area contributed by atoms with E-state index in [1.807, 2.05) is 12.1 Å². The average molecular weight is 392 g/mol. The number of benzene rings is 1. The van der Waals surface area contributed by atoms with Gasteiger partial charge < -0.3 is 10.6 Å². The van der Waals surface area contributed by atoms with Crippen LogP contribution in [0.5, 0.6) is 0 Å². The van der Waals surface area contributed by atoms with Crippen LogP contribution < -0.4 is 10.6 Å². The van der Waals surface area contributed by atoms with Crippen LogP contribution in [0.3, 0.4) is 0 Å². The van der Waals surface area contributed by atoms with Crippen LogP contribution in [-0.2, 0) is 10.2 Å². The first-order valence-electron chi connectivity index (χ1n) is 8.56. The van der Waals surface area contributed by atoms with Crippen LogP contribution >= 0.6 is 35.6 Å². The monoisotopic (exact) mass is 390 g/mol. The molecule has 6 heteroatoms. The first kappa shape index (κ1) is 19.8. The smallest absolute Gasteiger partial charge is 0.230 e. The second-order valence-corrected chi connectivity index (χ2v) is 7.64. The van der Waals surface area contributed by atoms with E-state index in [2.05, 4.69) is 10.6 Å². The van der Waals surface area contributed by atoms with E-state index in [9.17, 15) is 4.79 Å². The van der Waals surface area contributed by atoms with Crippen molar-refractivity contribution in [3.8, 4) is 0 Å². The van der Waals surface area contributed by atoms with Gasteiger partial charge in [-0.1, -0.05) is 35.7 Å². The Hall–Kier alpha value is -0.480. The Kier molecular flexibility index (Phi) is 7.23. The summed E-state index contributed by atoms with van der Waals surface area (Å²) in [6.07, 6.45) is 6.42. The van der Waals surface area contributed by atoms with Crippen molar-refractivity contribution in [3.05, 3.63) is 33.8 Å². The van der Waals surface area contributed by atoms with E-state index in [1.54, 1.807) is 6.07 Å². The number of rotatable bonds is 5. The van der Waals surface area contributed by atoms with Gasteiger partial charge in [-0.2, -0.15) is 0 Å². The molecule has 0 bridgehead atoms. The Morgan fingerprint density at radius 2 is 2.04 bits per heavy atom. The standard InChI is InChI=1S/C18H24Cl2N2O.ClH/c19-15-5-4-14(11-16(15)20)18(7-2-8-18)17(23)22-10-6-13-3-1-9-21-12-13;/h4-5,11,13,21H,1-3,6-10,12H2,(H,22,23);1H. The summed E-state index contributed by atoms with van der Waals surface area (Å²) in [6, 6.07) is 5.59. The summed E-state index contributed by atoms with van der Waals surface area (Å²) in [7, 11) is 0. The van der Waals surface area contributed by atoms with Gasteiger partial charge in [0.05, 0.1) is 15.5 Å². The van der Waals surface area contributed by atoms with Crippen molar-refractivity contribution in [3.63, 3.8) is 0 Å². The molecule has 1 saturated heterocycles. The van der Waals surface area contributed by atoms with Gasteiger partial charge in [-0.05, 0) is 68.8 Å². The van der Waals surface area contributed by atoms with Crippen molar-refractivity contribution < 1.29 is 4.79 Å². The Morgan fingerprint density at radius 3 is 2.62 bits per heavy atom. The predicted octanol–water partition coefficient (Wildman–Crippen LogP) is 4.34. The molecule has 2 aliphatic rings. The largest absolute Gasteiger partial charge is 0.355 e. The highest BCUT2D eigenvalue weighted by Gasteiger charge is 2.45. The molecule has 1 aliphatic heterocycles. The van der Waals surface area contributed by atoms with E-state index in [4.69, 9.17) is 23.2 Å². The highest BCUT2D eigenvalue weighted by Crippen LogP contribution is 2.45. The van der Waals surface area contributed by atoms with Crippen LogP contribution in [0.1, 0.15) is 44.1 Å². The number of carbonyl (C=O) groups excluding carboxylic acids is 1. The second kappa shape index (κ2) is 8.75. The lowest BCUT2D eigenvalue weighted by Crippen LogP contribution is -2.49. The third-order valence-corrected chi connectivity index (χ3v) is 6.09. The van der Waals surface area contributed by atoms with Crippen LogP contribution in [0.2, 0.25) is 10.0 Å². The molecule has 1 unspecified atom stereocenters. The summed E-state index contributed by atoms with van der Waals surface area (Å²) in [4.78, 5) is 12.8. The second-order valence-electron chi connectivity index (χ2n) is 6.82. The van der Waals surface area contributed by atoms with Gasteiger partial charge in [0.15, 0.2) is 0 Å². The molecule has 1 saturated carbocycles. The number of hydrogen-bond acceptors (Lipinski definition) is 2. The maximum Gasteiger partial charge on any atom is 0.230 e. The van der Waals surface area contributed by atoms with Gasteiger partial charge in [0.25, 0.3) is 0 Å². The fraction of sp³-hybridized carbons (Fsp3) is 0.611. The van der Waals surface area contributed by atoms with Crippen molar-refractivity contribution >= 4 is 41.5 Å². The maximum absolute atomic E-state index is 12.8. The van der Waals surface area contributed by atoms with E-state index in [0.29, 0.717) is 16.0 Å². The normalized spacial score (nSPS) is 22.2. The van der Waals surface area contributed by atoms with Gasteiger partial charge in [-0.15, -0.1) is 12.4 Å². The average Bonchev–Trinajstić information content (AvgIpc) is 2.51. The molecule has 1 heterocycles. The predicted molar refractivity (Wildman–Crippen MR) is 102 cm³/mol. The first-order chi connectivity index (χ1) is 11.1. The van der Waals surface area contributed by atoms with Gasteiger partial charge in [-0.25, -0.2) is 0 Å². The Morgan fingerprint density at radius 1 is 1.25 bits per heavy atom. The molecule has 1 amide bonds. The molecule has 24 heavy (non-hydrogen) atoms. The molecule has 2 fully saturated rings. The third kappa shape index (κ3) is 4.19. The highest BCUT2D eigenvalue weighted by molar-refractivity contribution is 6.42. The van der Waals surface area contributed by atoms with Gasteiger partial charge >= 0.3 is 0 Å². The minimum absolute atomic E-state index is 0. The van der Waals surface area contributed by atoms with Crippen LogP contribution in [0.25, 0.3) is 0 Å². The molecule has 1 aromatic rings. The van der Waals surface area contributed by atoms with Crippen molar-refractivity contribution in [1.82, 2.24) is 10.6 Å². The van der Waals surface area contributed by atoms with Crippen molar-refractivity contribution in [2.45, 2.75) is 43.9 Å². The fourth-order valence-electron chi connectivity index (χ4n) is 3.70. The zero-order valence-corrected chi connectivity index (χ0v) is 16.1. The summed E-state index contributed by atoms with van der Waals surface area (Å²) >= 11 is 12.1. The fourth-order valence-corrected chi connectivity index (χ4v) is 4.00. The molecule has 1 aliphatic carbocycles. The Bertz CT molecular complexity index is 569. The molecule has 0 spiro atoms. The summed E-state index contributed by atoms with van der Waals surface area (Å²) in [5.41, 5.74) is 0.592. The lowest BCUT2D eigenvalue weighted by molar-refractivity contribution is -0.130. The molecule has 3 rings (SSSR count). The van der Waals surface area contributed by atoms with Crippen molar-refractivity contribution in [1.29, 1.82) is 0 Å². The lowest BCUT2D eigenvalue weighted by Gasteiger charge is -2.41. The van der Waals surface area contributed by atoms with Crippen molar-refractivity contribution in [2.24, 2.45) is 5.92 Å². The number of hydrogen-bond donors (Lipinski definition) is 2. The third-order valence-electron chi connectivity index (χ3n) is 5.35. The summed E-state index contributed by atoms with van der Waals surface area (Å²) in [6.45, 7) is 2.96. The molecule has 1 atom stereocenters. The first-order valence-corrected chi connectivity index (χ1v) is 9.32. The van der Waals surface area contributed by atoms with Crippen LogP contribution in [-0.4, -0.2) is 25.5 Å². The van der Waals surface area contributed by atoms with E-state index in [0.717, 1.165) is 50.9 Å². The Balaban J connectivity index is 0.00000208. The number of piperidine rings is 1. The quantitative estimate of drug-likeness (QED) is 0.784. The molecular weight excluding hydrogens is 367 g/mol. The van der Waals surface area contributed by atoms with Crippen LogP contribution in [0.4, 0.5) is 0 Å². The molecule has 2 N–H and O–H groups in total. The highest BCUT2D eigenvalue weighted by atomic mass is 35.5.